The van der Waals surface area contributed by atoms with Crippen LogP contribution in [0, 0.1) is 0 Å². The quantitative estimate of drug-likeness (QED) is 0.856. The molecule has 4 rings (SSSR count). The van der Waals surface area contributed by atoms with Gasteiger partial charge in [-0.1, -0.05) is 19.1 Å². The van der Waals surface area contributed by atoms with Crippen molar-refractivity contribution in [3.05, 3.63) is 46.8 Å². The summed E-state index contributed by atoms with van der Waals surface area (Å²) in [6, 6.07) is 7.32. The lowest BCUT2D eigenvalue weighted by atomic mass is 10.1. The molecular formula is C21H25N3O4. The van der Waals surface area contributed by atoms with Crippen LogP contribution in [0.3, 0.4) is 0 Å². The number of carbonyl (C=O) groups is 2. The van der Waals surface area contributed by atoms with Crippen LogP contribution in [0.1, 0.15) is 47.1 Å². The van der Waals surface area contributed by atoms with Gasteiger partial charge in [-0.15, -0.1) is 0 Å². The number of hydrogen-bond donors (Lipinski definition) is 1. The van der Waals surface area contributed by atoms with Gasteiger partial charge in [0.2, 0.25) is 0 Å². The molecule has 2 heterocycles. The van der Waals surface area contributed by atoms with Crippen molar-refractivity contribution in [2.75, 3.05) is 13.7 Å². The Hall–Kier alpha value is -2.67. The summed E-state index contributed by atoms with van der Waals surface area (Å²) < 4.78 is 7.17. The number of fused-ring (bicyclic) bond motifs is 1. The van der Waals surface area contributed by atoms with E-state index in [-0.39, 0.29) is 18.6 Å². The lowest BCUT2D eigenvalue weighted by Gasteiger charge is -2.20. The second kappa shape index (κ2) is 7.39. The van der Waals surface area contributed by atoms with Gasteiger partial charge in [0.15, 0.2) is 5.69 Å². The summed E-state index contributed by atoms with van der Waals surface area (Å²) in [6.45, 7) is 2.39. The zero-order valence-corrected chi connectivity index (χ0v) is 16.2. The Kier molecular flexibility index (Phi) is 4.93. The maximum atomic E-state index is 13.3. The van der Waals surface area contributed by atoms with Crippen molar-refractivity contribution in [2.24, 2.45) is 0 Å². The normalized spacial score (nSPS) is 21.1. The van der Waals surface area contributed by atoms with Gasteiger partial charge in [-0.05, 0) is 43.4 Å². The van der Waals surface area contributed by atoms with Crippen LogP contribution in [0.15, 0.2) is 24.3 Å². The monoisotopic (exact) mass is 383 g/mol. The topological polar surface area (TPSA) is 84.7 Å². The van der Waals surface area contributed by atoms with Crippen molar-refractivity contribution in [3.8, 4) is 5.69 Å². The maximum Gasteiger partial charge on any atom is 0.326 e. The number of rotatable bonds is 5. The van der Waals surface area contributed by atoms with E-state index >= 15 is 0 Å². The molecule has 2 aliphatic rings. The number of ether oxygens (including phenoxy) is 1. The van der Waals surface area contributed by atoms with Crippen LogP contribution in [0.4, 0.5) is 0 Å². The number of carbonyl (C=O) groups excluding carboxylic acids is 1. The van der Waals surface area contributed by atoms with Crippen LogP contribution in [0.25, 0.3) is 5.69 Å². The molecule has 0 radical (unpaired) electrons. The number of carboxylic acids is 1. The van der Waals surface area contributed by atoms with Gasteiger partial charge in [-0.3, -0.25) is 4.79 Å². The van der Waals surface area contributed by atoms with Gasteiger partial charge in [-0.25, -0.2) is 9.48 Å². The minimum atomic E-state index is -1.00. The number of likely N-dealkylation sites (tertiary alicyclic amines) is 1. The molecule has 2 unspecified atom stereocenters. The highest BCUT2D eigenvalue weighted by atomic mass is 16.5. The summed E-state index contributed by atoms with van der Waals surface area (Å²) in [4.78, 5) is 26.3. The third-order valence-corrected chi connectivity index (χ3v) is 5.86. The van der Waals surface area contributed by atoms with E-state index < -0.39 is 12.0 Å². The number of nitrogens with zero attached hydrogens (tertiary/aromatic N) is 3. The summed E-state index contributed by atoms with van der Waals surface area (Å²) in [5, 5.41) is 14.2. The van der Waals surface area contributed by atoms with Crippen molar-refractivity contribution in [1.29, 1.82) is 0 Å². The lowest BCUT2D eigenvalue weighted by molar-refractivity contribution is -0.141. The first-order valence-electron chi connectivity index (χ1n) is 9.80. The van der Waals surface area contributed by atoms with Gasteiger partial charge in [0, 0.05) is 31.3 Å². The Labute approximate surface area is 163 Å². The fraction of sp³-hybridized carbons (Fsp3) is 0.476. The molecule has 1 aliphatic heterocycles. The van der Waals surface area contributed by atoms with Crippen LogP contribution in [0.5, 0.6) is 0 Å². The average Bonchev–Trinajstić information content (AvgIpc) is 3.42. The largest absolute Gasteiger partial charge is 0.480 e. The van der Waals surface area contributed by atoms with E-state index in [0.29, 0.717) is 12.1 Å². The molecule has 7 heteroatoms. The van der Waals surface area contributed by atoms with Crippen molar-refractivity contribution in [2.45, 2.75) is 51.2 Å². The highest BCUT2D eigenvalue weighted by Crippen LogP contribution is 2.31. The molecule has 1 amide bonds. The van der Waals surface area contributed by atoms with E-state index in [1.165, 1.54) is 10.5 Å². The van der Waals surface area contributed by atoms with Crippen molar-refractivity contribution in [1.82, 2.24) is 14.7 Å². The predicted molar refractivity (Wildman–Crippen MR) is 103 cm³/mol. The minimum Gasteiger partial charge on any atom is -0.480 e. The van der Waals surface area contributed by atoms with Gasteiger partial charge >= 0.3 is 5.97 Å². The smallest absolute Gasteiger partial charge is 0.326 e. The maximum absolute atomic E-state index is 13.3. The molecular weight excluding hydrogens is 358 g/mol. The number of amides is 1. The summed E-state index contributed by atoms with van der Waals surface area (Å²) in [5.41, 5.74) is 4.57. The van der Waals surface area contributed by atoms with Gasteiger partial charge < -0.3 is 14.7 Å². The summed E-state index contributed by atoms with van der Waals surface area (Å²) in [6.07, 6.45) is 3.65. The molecule has 148 valence electrons. The van der Waals surface area contributed by atoms with E-state index in [9.17, 15) is 14.7 Å². The molecule has 0 saturated carbocycles. The molecule has 1 N–H and O–H groups in total. The van der Waals surface area contributed by atoms with E-state index in [1.807, 2.05) is 16.8 Å². The summed E-state index contributed by atoms with van der Waals surface area (Å²) >= 11 is 0. The number of aromatic nitrogens is 2. The molecule has 2 aromatic rings. The first-order valence-corrected chi connectivity index (χ1v) is 9.80. The number of methoxy groups -OCH3 is 1. The lowest BCUT2D eigenvalue weighted by Crippen LogP contribution is -2.41. The molecule has 2 atom stereocenters. The number of aliphatic carboxylic acids is 1. The van der Waals surface area contributed by atoms with E-state index in [0.717, 1.165) is 42.6 Å². The van der Waals surface area contributed by atoms with Crippen LogP contribution < -0.4 is 0 Å². The zero-order valence-electron chi connectivity index (χ0n) is 16.2. The van der Waals surface area contributed by atoms with Crippen LogP contribution in [-0.2, 0) is 28.8 Å². The molecule has 7 nitrogen and oxygen atoms in total. The third-order valence-electron chi connectivity index (χ3n) is 5.86. The minimum absolute atomic E-state index is 0.262. The number of benzene rings is 1. The molecule has 1 aromatic carbocycles. The van der Waals surface area contributed by atoms with Gasteiger partial charge in [0.25, 0.3) is 5.91 Å². The first kappa shape index (κ1) is 18.7. The first-order chi connectivity index (χ1) is 13.5. The highest BCUT2D eigenvalue weighted by Gasteiger charge is 2.42. The molecule has 0 bridgehead atoms. The molecule has 0 spiro atoms. The highest BCUT2D eigenvalue weighted by molar-refractivity contribution is 5.97. The van der Waals surface area contributed by atoms with Crippen LogP contribution in [-0.4, -0.2) is 57.5 Å². The number of carboxylic acid groups (broad SMARTS) is 1. The summed E-state index contributed by atoms with van der Waals surface area (Å²) in [7, 11) is 1.55. The van der Waals surface area contributed by atoms with Gasteiger partial charge in [-0.2, -0.15) is 5.10 Å². The van der Waals surface area contributed by atoms with Crippen molar-refractivity contribution >= 4 is 11.9 Å². The molecule has 1 aromatic heterocycles. The third kappa shape index (κ3) is 3.09. The van der Waals surface area contributed by atoms with Crippen LogP contribution >= 0.6 is 0 Å². The zero-order chi connectivity index (χ0) is 19.8. The van der Waals surface area contributed by atoms with E-state index in [1.54, 1.807) is 7.11 Å². The molecule has 1 fully saturated rings. The molecule has 1 saturated heterocycles. The van der Waals surface area contributed by atoms with E-state index in [2.05, 4.69) is 24.2 Å². The van der Waals surface area contributed by atoms with Gasteiger partial charge in [0.05, 0.1) is 11.8 Å². The number of hydrogen-bond acceptors (Lipinski definition) is 4. The Morgan fingerprint density at radius 1 is 1.25 bits per heavy atom. The Balaban J connectivity index is 1.70. The Morgan fingerprint density at radius 3 is 2.64 bits per heavy atom. The van der Waals surface area contributed by atoms with Gasteiger partial charge in [0.1, 0.15) is 6.04 Å². The summed E-state index contributed by atoms with van der Waals surface area (Å²) in [5.74, 6) is -1.31. The second-order valence-electron chi connectivity index (χ2n) is 7.46. The Bertz CT molecular complexity index is 903. The molecule has 28 heavy (non-hydrogen) atoms. The average molecular weight is 383 g/mol. The van der Waals surface area contributed by atoms with E-state index in [4.69, 9.17) is 4.74 Å². The predicted octanol–water partition coefficient (Wildman–Crippen LogP) is 2.24. The van der Waals surface area contributed by atoms with Crippen LogP contribution in [0.2, 0.25) is 0 Å². The fourth-order valence-corrected chi connectivity index (χ4v) is 4.26. The van der Waals surface area contributed by atoms with Crippen molar-refractivity contribution in [3.63, 3.8) is 0 Å². The Morgan fingerprint density at radius 2 is 2.00 bits per heavy atom. The van der Waals surface area contributed by atoms with Crippen molar-refractivity contribution < 1.29 is 19.4 Å². The SMILES string of the molecule is CCc1ccc(-n2nc(C(=O)N3CC(OC)CC3C(=O)O)c3c2CCC3)cc1. The molecule has 1 aliphatic carbocycles. The number of aryl methyl sites for hydroxylation is 1. The second-order valence-corrected chi connectivity index (χ2v) is 7.46. The fourth-order valence-electron chi connectivity index (χ4n) is 4.26. The standard InChI is InChI=1S/C21H25N3O4/c1-3-13-7-9-14(10-8-13)24-17-6-4-5-16(17)19(22-24)20(25)23-12-15(28-2)11-18(23)21(26)27/h7-10,15,18H,3-6,11-12H2,1-2H3,(H,26,27).